The topological polar surface area (TPSA) is 65.3 Å². The first-order valence-corrected chi connectivity index (χ1v) is 9.23. The van der Waals surface area contributed by atoms with Crippen LogP contribution in [0.15, 0.2) is 42.5 Å². The van der Waals surface area contributed by atoms with Crippen molar-refractivity contribution in [2.24, 2.45) is 0 Å². The Bertz CT molecular complexity index is 905. The largest absolute Gasteiger partial charge is 0.493 e. The monoisotopic (exact) mass is 381 g/mol. The molecule has 7 nitrogen and oxygen atoms in total. The second-order valence-electron chi connectivity index (χ2n) is 6.98. The molecule has 0 saturated carbocycles. The van der Waals surface area contributed by atoms with Crippen molar-refractivity contribution in [1.29, 1.82) is 0 Å². The van der Waals surface area contributed by atoms with E-state index < -0.39 is 0 Å². The first-order chi connectivity index (χ1) is 13.5. The molecule has 3 aromatic rings. The normalized spacial score (nSPS) is 12.2. The summed E-state index contributed by atoms with van der Waals surface area (Å²) < 4.78 is 12.6. The van der Waals surface area contributed by atoms with E-state index in [1.807, 2.05) is 37.0 Å². The van der Waals surface area contributed by atoms with Gasteiger partial charge in [-0.1, -0.05) is 35.9 Å². The fraction of sp³-hybridized carbons (Fsp3) is 0.381. The van der Waals surface area contributed by atoms with Gasteiger partial charge < -0.3 is 9.47 Å². The third-order valence-electron chi connectivity index (χ3n) is 4.77. The maximum absolute atomic E-state index is 5.40. The van der Waals surface area contributed by atoms with Gasteiger partial charge in [-0.2, -0.15) is 0 Å². The van der Waals surface area contributed by atoms with Crippen LogP contribution in [-0.2, 0) is 13.0 Å². The molecular weight excluding hydrogens is 354 g/mol. The van der Waals surface area contributed by atoms with Crippen molar-refractivity contribution >= 4 is 0 Å². The van der Waals surface area contributed by atoms with Crippen LogP contribution in [0.2, 0.25) is 0 Å². The highest BCUT2D eigenvalue weighted by atomic mass is 16.5. The highest BCUT2D eigenvalue weighted by Crippen LogP contribution is 2.28. The van der Waals surface area contributed by atoms with Crippen molar-refractivity contribution in [2.75, 3.05) is 28.3 Å². The first-order valence-electron chi connectivity index (χ1n) is 9.23. The quantitative estimate of drug-likeness (QED) is 0.598. The Hall–Kier alpha value is -2.93. The van der Waals surface area contributed by atoms with Gasteiger partial charge in [-0.15, -0.1) is 5.10 Å². The lowest BCUT2D eigenvalue weighted by molar-refractivity contribution is 0.317. The van der Waals surface area contributed by atoms with Crippen LogP contribution >= 0.6 is 0 Å². The van der Waals surface area contributed by atoms with Crippen LogP contribution < -0.4 is 9.47 Å². The number of nitrogens with zero attached hydrogens (tertiary/aromatic N) is 5. The summed E-state index contributed by atoms with van der Waals surface area (Å²) in [7, 11) is 7.36. The van der Waals surface area contributed by atoms with Crippen molar-refractivity contribution in [2.45, 2.75) is 25.9 Å². The van der Waals surface area contributed by atoms with Gasteiger partial charge in [-0.25, -0.2) is 4.68 Å². The van der Waals surface area contributed by atoms with Crippen LogP contribution in [0.1, 0.15) is 28.6 Å². The van der Waals surface area contributed by atoms with Gasteiger partial charge in [0.2, 0.25) is 0 Å². The standard InChI is InChI=1S/C21H27N5O2/c1-15-6-9-17(10-7-15)20(25(2)3)21-22-23-24-26(21)13-12-16-8-11-18(27-4)19(14-16)28-5/h6-11,14,20H,12-13H2,1-5H3/t20-/m0/s1. The predicted molar refractivity (Wildman–Crippen MR) is 108 cm³/mol. The summed E-state index contributed by atoms with van der Waals surface area (Å²) in [6.45, 7) is 2.76. The number of methoxy groups -OCH3 is 2. The van der Waals surface area contributed by atoms with E-state index >= 15 is 0 Å². The Morgan fingerprint density at radius 2 is 1.71 bits per heavy atom. The minimum atomic E-state index is -0.0130. The average Bonchev–Trinajstić information content (AvgIpc) is 3.15. The third kappa shape index (κ3) is 4.31. The second-order valence-corrected chi connectivity index (χ2v) is 6.98. The van der Waals surface area contributed by atoms with Gasteiger partial charge >= 0.3 is 0 Å². The summed E-state index contributed by atoms with van der Waals surface area (Å²) in [5, 5.41) is 12.5. The molecular formula is C21H27N5O2. The Morgan fingerprint density at radius 1 is 1.00 bits per heavy atom. The van der Waals surface area contributed by atoms with Gasteiger partial charge in [0.25, 0.3) is 0 Å². The van der Waals surface area contributed by atoms with Crippen LogP contribution in [0.3, 0.4) is 0 Å². The van der Waals surface area contributed by atoms with Gasteiger partial charge in [0.15, 0.2) is 17.3 Å². The maximum atomic E-state index is 5.40. The number of benzene rings is 2. The van der Waals surface area contributed by atoms with E-state index in [2.05, 4.69) is 51.6 Å². The van der Waals surface area contributed by atoms with E-state index in [0.29, 0.717) is 6.54 Å². The molecule has 1 atom stereocenters. The van der Waals surface area contributed by atoms with Crippen LogP contribution in [0.25, 0.3) is 0 Å². The lowest BCUT2D eigenvalue weighted by Gasteiger charge is -2.24. The fourth-order valence-corrected chi connectivity index (χ4v) is 3.26. The average molecular weight is 381 g/mol. The summed E-state index contributed by atoms with van der Waals surface area (Å²) >= 11 is 0. The number of hydrogen-bond acceptors (Lipinski definition) is 6. The number of aromatic nitrogens is 4. The minimum absolute atomic E-state index is 0.0130. The van der Waals surface area contributed by atoms with Gasteiger partial charge in [-0.05, 0) is 61.1 Å². The van der Waals surface area contributed by atoms with E-state index in [1.165, 1.54) is 5.56 Å². The predicted octanol–water partition coefficient (Wildman–Crippen LogP) is 2.89. The summed E-state index contributed by atoms with van der Waals surface area (Å²) in [5.74, 6) is 2.28. The maximum Gasteiger partial charge on any atom is 0.173 e. The molecule has 7 heteroatoms. The second kappa shape index (κ2) is 8.84. The van der Waals surface area contributed by atoms with Crippen molar-refractivity contribution in [1.82, 2.24) is 25.1 Å². The molecule has 0 radical (unpaired) electrons. The molecule has 2 aromatic carbocycles. The van der Waals surface area contributed by atoms with E-state index in [-0.39, 0.29) is 6.04 Å². The Kier molecular flexibility index (Phi) is 6.26. The molecule has 3 rings (SSSR count). The molecule has 0 N–H and O–H groups in total. The zero-order valence-electron chi connectivity index (χ0n) is 17.1. The highest BCUT2D eigenvalue weighted by molar-refractivity contribution is 5.42. The molecule has 1 aromatic heterocycles. The molecule has 28 heavy (non-hydrogen) atoms. The van der Waals surface area contributed by atoms with Crippen LogP contribution in [0.5, 0.6) is 11.5 Å². The molecule has 0 unspecified atom stereocenters. The summed E-state index contributed by atoms with van der Waals surface area (Å²) in [6.07, 6.45) is 0.784. The molecule has 0 fully saturated rings. The molecule has 0 aliphatic carbocycles. The van der Waals surface area contributed by atoms with Crippen LogP contribution in [-0.4, -0.2) is 53.4 Å². The van der Waals surface area contributed by atoms with Crippen molar-refractivity contribution in [3.8, 4) is 11.5 Å². The van der Waals surface area contributed by atoms with Crippen molar-refractivity contribution in [3.63, 3.8) is 0 Å². The molecule has 1 heterocycles. The number of tetrazole rings is 1. The molecule has 0 saturated heterocycles. The summed E-state index contributed by atoms with van der Waals surface area (Å²) in [4.78, 5) is 2.13. The number of ether oxygens (including phenoxy) is 2. The van der Waals surface area contributed by atoms with E-state index in [0.717, 1.165) is 34.9 Å². The van der Waals surface area contributed by atoms with Crippen molar-refractivity contribution in [3.05, 3.63) is 65.0 Å². The van der Waals surface area contributed by atoms with Gasteiger partial charge in [0.1, 0.15) is 0 Å². The van der Waals surface area contributed by atoms with E-state index in [4.69, 9.17) is 9.47 Å². The third-order valence-corrected chi connectivity index (χ3v) is 4.77. The zero-order chi connectivity index (χ0) is 20.1. The van der Waals surface area contributed by atoms with E-state index in [9.17, 15) is 0 Å². The lowest BCUT2D eigenvalue weighted by Crippen LogP contribution is -2.25. The van der Waals surface area contributed by atoms with Crippen molar-refractivity contribution < 1.29 is 9.47 Å². The molecule has 0 aliphatic rings. The smallest absolute Gasteiger partial charge is 0.173 e. The molecule has 0 aliphatic heterocycles. The number of aryl methyl sites for hydroxylation is 3. The first kappa shape index (κ1) is 19.8. The van der Waals surface area contributed by atoms with Gasteiger partial charge in [0, 0.05) is 6.54 Å². The molecule has 0 spiro atoms. The van der Waals surface area contributed by atoms with Gasteiger partial charge in [-0.3, -0.25) is 4.90 Å². The SMILES string of the molecule is COc1ccc(CCn2nnnc2[C@H](c2ccc(C)cc2)N(C)C)cc1OC. The Labute approximate surface area is 165 Å². The lowest BCUT2D eigenvalue weighted by atomic mass is 10.0. The Balaban J connectivity index is 1.82. The van der Waals surface area contributed by atoms with E-state index in [1.54, 1.807) is 14.2 Å². The number of rotatable bonds is 8. The summed E-state index contributed by atoms with van der Waals surface area (Å²) in [6, 6.07) is 14.4. The highest BCUT2D eigenvalue weighted by Gasteiger charge is 2.23. The van der Waals surface area contributed by atoms with Crippen LogP contribution in [0, 0.1) is 6.92 Å². The minimum Gasteiger partial charge on any atom is -0.493 e. The van der Waals surface area contributed by atoms with Gasteiger partial charge in [0.05, 0.1) is 20.3 Å². The van der Waals surface area contributed by atoms with Crippen LogP contribution in [0.4, 0.5) is 0 Å². The Morgan fingerprint density at radius 3 is 2.36 bits per heavy atom. The molecule has 0 amide bonds. The zero-order valence-corrected chi connectivity index (χ0v) is 17.1. The fourth-order valence-electron chi connectivity index (χ4n) is 3.26. The molecule has 148 valence electrons. The molecule has 0 bridgehead atoms. The summed E-state index contributed by atoms with van der Waals surface area (Å²) in [5.41, 5.74) is 3.53. The number of hydrogen-bond donors (Lipinski definition) is 0.